The summed E-state index contributed by atoms with van der Waals surface area (Å²) in [6, 6.07) is 3.48. The van der Waals surface area contributed by atoms with Crippen LogP contribution in [0.3, 0.4) is 0 Å². The first kappa shape index (κ1) is 23.0. The van der Waals surface area contributed by atoms with Gasteiger partial charge in [0.15, 0.2) is 0 Å². The van der Waals surface area contributed by atoms with Crippen LogP contribution in [0, 0.1) is 0 Å². The van der Waals surface area contributed by atoms with Gasteiger partial charge in [0.25, 0.3) is 0 Å². The maximum absolute atomic E-state index is 13.0. The summed E-state index contributed by atoms with van der Waals surface area (Å²) in [7, 11) is 0. The number of carbonyl (C=O) groups is 2. The van der Waals surface area contributed by atoms with Crippen molar-refractivity contribution < 1.29 is 27.5 Å². The third kappa shape index (κ3) is 6.68. The van der Waals surface area contributed by atoms with E-state index in [1.54, 1.807) is 16.2 Å². The van der Waals surface area contributed by atoms with Crippen LogP contribution in [0.15, 0.2) is 17.5 Å². The number of carbonyl (C=O) groups excluding carboxylic acids is 2. The zero-order valence-electron chi connectivity index (χ0n) is 16.9. The van der Waals surface area contributed by atoms with E-state index in [9.17, 15) is 22.8 Å². The summed E-state index contributed by atoms with van der Waals surface area (Å²) in [5.74, 6) is 0.0194. The average molecular weight is 448 g/mol. The first-order valence-electron chi connectivity index (χ1n) is 10.3. The van der Waals surface area contributed by atoms with Gasteiger partial charge in [-0.05, 0) is 30.7 Å². The lowest BCUT2D eigenvalue weighted by molar-refractivity contribution is -0.174. The number of rotatable bonds is 8. The zero-order valence-corrected chi connectivity index (χ0v) is 17.7. The van der Waals surface area contributed by atoms with Gasteiger partial charge in [-0.3, -0.25) is 14.5 Å². The Morgan fingerprint density at radius 2 is 1.93 bits per heavy atom. The number of halogens is 3. The minimum atomic E-state index is -4.29. The predicted molar refractivity (Wildman–Crippen MR) is 107 cm³/mol. The molecule has 2 fully saturated rings. The molecule has 2 aliphatic rings. The fraction of sp³-hybridized carbons (Fsp3) is 0.700. The van der Waals surface area contributed by atoms with E-state index < -0.39 is 12.8 Å². The summed E-state index contributed by atoms with van der Waals surface area (Å²) in [6.07, 6.45) is -1.88. The van der Waals surface area contributed by atoms with E-state index in [2.05, 4.69) is 9.64 Å². The van der Waals surface area contributed by atoms with E-state index in [0.29, 0.717) is 58.5 Å². The Morgan fingerprint density at radius 3 is 2.60 bits per heavy atom. The highest BCUT2D eigenvalue weighted by Crippen LogP contribution is 2.22. The molecule has 0 aliphatic carbocycles. The number of hydrogen-bond donors (Lipinski definition) is 0. The minimum Gasteiger partial charge on any atom is -0.372 e. The highest BCUT2D eigenvalue weighted by molar-refractivity contribution is 7.10. The summed E-state index contributed by atoms with van der Waals surface area (Å²) < 4.78 is 40.8. The van der Waals surface area contributed by atoms with Crippen molar-refractivity contribution in [2.75, 3.05) is 52.5 Å². The van der Waals surface area contributed by atoms with Crippen LogP contribution in [0.4, 0.5) is 13.2 Å². The molecule has 30 heavy (non-hydrogen) atoms. The molecule has 0 radical (unpaired) electrons. The number of thiophene rings is 1. The lowest BCUT2D eigenvalue weighted by atomic mass is 10.1. The highest BCUT2D eigenvalue weighted by atomic mass is 32.1. The molecular formula is C20H28F3N3O3S. The third-order valence-electron chi connectivity index (χ3n) is 5.48. The van der Waals surface area contributed by atoms with Gasteiger partial charge in [0.1, 0.15) is 12.6 Å². The number of alkyl halides is 3. The molecule has 0 saturated carbocycles. The minimum absolute atomic E-state index is 0.00536. The van der Waals surface area contributed by atoms with E-state index >= 15 is 0 Å². The van der Waals surface area contributed by atoms with E-state index in [4.69, 9.17) is 0 Å². The third-order valence-corrected chi connectivity index (χ3v) is 6.35. The number of likely N-dealkylation sites (tertiary alicyclic amines) is 1. The van der Waals surface area contributed by atoms with Crippen molar-refractivity contribution in [3.63, 3.8) is 0 Å². The number of ether oxygens (including phenoxy) is 1. The number of amides is 2. The summed E-state index contributed by atoms with van der Waals surface area (Å²) in [5.41, 5.74) is 0. The molecule has 3 rings (SSSR count). The van der Waals surface area contributed by atoms with Crippen molar-refractivity contribution >= 4 is 23.2 Å². The van der Waals surface area contributed by atoms with Crippen LogP contribution in [0.1, 0.15) is 24.1 Å². The van der Waals surface area contributed by atoms with E-state index in [1.807, 2.05) is 22.4 Å². The smallest absolute Gasteiger partial charge is 0.372 e. The first-order chi connectivity index (χ1) is 14.3. The monoisotopic (exact) mass is 447 g/mol. The number of hydrogen-bond acceptors (Lipinski definition) is 5. The van der Waals surface area contributed by atoms with Crippen LogP contribution < -0.4 is 0 Å². The molecule has 2 amide bonds. The van der Waals surface area contributed by atoms with Gasteiger partial charge < -0.3 is 14.5 Å². The van der Waals surface area contributed by atoms with Crippen LogP contribution >= 0.6 is 11.3 Å². The first-order valence-corrected chi connectivity index (χ1v) is 11.2. The van der Waals surface area contributed by atoms with Gasteiger partial charge in [0, 0.05) is 50.8 Å². The Bertz CT molecular complexity index is 691. The summed E-state index contributed by atoms with van der Waals surface area (Å²) in [4.78, 5) is 32.4. The van der Waals surface area contributed by atoms with E-state index in [1.165, 1.54) is 0 Å². The number of piperazine rings is 1. The molecule has 1 atom stereocenters. The van der Waals surface area contributed by atoms with Gasteiger partial charge in [-0.1, -0.05) is 6.07 Å². The fourth-order valence-corrected chi connectivity index (χ4v) is 4.66. The van der Waals surface area contributed by atoms with Crippen LogP contribution in [-0.4, -0.2) is 91.2 Å². The molecule has 1 aromatic heterocycles. The van der Waals surface area contributed by atoms with E-state index in [-0.39, 0.29) is 24.5 Å². The summed E-state index contributed by atoms with van der Waals surface area (Å²) >= 11 is 1.55. The van der Waals surface area contributed by atoms with Crippen molar-refractivity contribution in [3.05, 3.63) is 22.4 Å². The van der Waals surface area contributed by atoms with Gasteiger partial charge in [-0.2, -0.15) is 13.2 Å². The molecule has 0 N–H and O–H groups in total. The lowest BCUT2D eigenvalue weighted by Gasteiger charge is -2.37. The molecule has 6 nitrogen and oxygen atoms in total. The molecule has 1 unspecified atom stereocenters. The topological polar surface area (TPSA) is 53.1 Å². The molecular weight excluding hydrogens is 419 g/mol. The van der Waals surface area contributed by atoms with Crippen LogP contribution in [0.5, 0.6) is 0 Å². The number of nitrogens with zero attached hydrogens (tertiary/aromatic N) is 3. The van der Waals surface area contributed by atoms with Crippen LogP contribution in [-0.2, 0) is 20.7 Å². The fourth-order valence-electron chi connectivity index (χ4n) is 3.97. The van der Waals surface area contributed by atoms with Crippen LogP contribution in [0.25, 0.3) is 0 Å². The Hall–Kier alpha value is -1.65. The van der Waals surface area contributed by atoms with Gasteiger partial charge >= 0.3 is 6.18 Å². The Kier molecular flexibility index (Phi) is 8.13. The molecule has 10 heteroatoms. The Balaban J connectivity index is 1.39. The standard InChI is InChI=1S/C20H28F3N3O3S/c21-20(22,23)15-29-12-3-6-24-8-10-25(11-9-24)19(28)17-5-1-7-26(17)18(27)14-16-4-2-13-30-16/h2,4,13,17H,1,3,5-12,14-15H2. The second-order valence-corrected chi connectivity index (χ2v) is 8.72. The average Bonchev–Trinajstić information content (AvgIpc) is 3.38. The maximum atomic E-state index is 13.0. The SMILES string of the molecule is O=C(C1CCCN1C(=O)Cc1cccs1)N1CCN(CCCOCC(F)(F)F)CC1. The van der Waals surface area contributed by atoms with Crippen molar-refractivity contribution in [1.82, 2.24) is 14.7 Å². The van der Waals surface area contributed by atoms with Gasteiger partial charge in [-0.15, -0.1) is 11.3 Å². The van der Waals surface area contributed by atoms with Gasteiger partial charge in [-0.25, -0.2) is 0 Å². The quantitative estimate of drug-likeness (QED) is 0.575. The maximum Gasteiger partial charge on any atom is 0.411 e. The molecule has 3 heterocycles. The van der Waals surface area contributed by atoms with Crippen molar-refractivity contribution in [2.45, 2.75) is 37.9 Å². The lowest BCUT2D eigenvalue weighted by Crippen LogP contribution is -2.54. The van der Waals surface area contributed by atoms with Crippen molar-refractivity contribution in [1.29, 1.82) is 0 Å². The largest absolute Gasteiger partial charge is 0.411 e. The van der Waals surface area contributed by atoms with Crippen molar-refractivity contribution in [2.24, 2.45) is 0 Å². The second-order valence-electron chi connectivity index (χ2n) is 7.69. The molecule has 0 aromatic carbocycles. The zero-order chi connectivity index (χ0) is 21.6. The van der Waals surface area contributed by atoms with Gasteiger partial charge in [0.2, 0.25) is 11.8 Å². The second kappa shape index (κ2) is 10.6. The molecule has 1 aromatic rings. The Morgan fingerprint density at radius 1 is 1.17 bits per heavy atom. The molecule has 0 bridgehead atoms. The van der Waals surface area contributed by atoms with Crippen LogP contribution in [0.2, 0.25) is 0 Å². The molecule has 2 aliphatic heterocycles. The van der Waals surface area contributed by atoms with E-state index in [0.717, 1.165) is 11.3 Å². The normalized spacial score (nSPS) is 20.7. The molecule has 2 saturated heterocycles. The molecule has 0 spiro atoms. The van der Waals surface area contributed by atoms with Gasteiger partial charge in [0.05, 0.1) is 6.42 Å². The predicted octanol–water partition coefficient (Wildman–Crippen LogP) is 2.39. The highest BCUT2D eigenvalue weighted by Gasteiger charge is 2.37. The van der Waals surface area contributed by atoms with Crippen molar-refractivity contribution in [3.8, 4) is 0 Å². The summed E-state index contributed by atoms with van der Waals surface area (Å²) in [5, 5.41) is 1.94. The molecule has 168 valence electrons. The summed E-state index contributed by atoms with van der Waals surface area (Å²) in [6.45, 7) is 2.65. The Labute approximate surface area is 178 Å².